The first kappa shape index (κ1) is 44.3. The molecule has 138 heavy (non-hydrogen) atoms. The van der Waals surface area contributed by atoms with Gasteiger partial charge in [0.15, 0.2) is 0 Å². The zero-order chi connectivity index (χ0) is 167. The van der Waals surface area contributed by atoms with Crippen LogP contribution in [0, 0.1) is 35.4 Å². The van der Waals surface area contributed by atoms with Gasteiger partial charge in [0.25, 0.3) is 0 Å². The van der Waals surface area contributed by atoms with Crippen LogP contribution in [0.3, 0.4) is 0 Å². The lowest BCUT2D eigenvalue weighted by Gasteiger charge is -2.46. The minimum Gasteiger partial charge on any atom is -0.507 e. The summed E-state index contributed by atoms with van der Waals surface area (Å²) < 4.78 is 687. The second-order valence-corrected chi connectivity index (χ2v) is 36.7. The van der Waals surface area contributed by atoms with Crippen LogP contribution in [0.1, 0.15) is 567 Å². The van der Waals surface area contributed by atoms with Gasteiger partial charge in [0, 0.05) is 191 Å². The molecule has 12 heteroatoms. The fraction of sp³-hybridized carbons (Fsp3) is 0.619. The summed E-state index contributed by atoms with van der Waals surface area (Å²) in [4.78, 5) is 0. The number of unbranched alkanes of at least 4 members (excludes halogenated alkanes) is 12. The predicted octanol–water partition coefficient (Wildman–Crippen LogP) is 34.4. The summed E-state index contributed by atoms with van der Waals surface area (Å²) in [6.45, 7) is -35.8. The molecule has 12 nitrogen and oxygen atoms in total. The zero-order valence-electron chi connectivity index (χ0n) is 158. The smallest absolute Gasteiger partial charge is 0.127 e. The molecule has 0 unspecified atom stereocenters. The Kier molecular flexibility index (Phi) is 14.7. The van der Waals surface area contributed by atoms with Crippen LogP contribution in [-0.2, 0) is 38.5 Å². The first-order valence-corrected chi connectivity index (χ1v) is 47.7. The molecule has 12 atom stereocenters. The van der Waals surface area contributed by atoms with E-state index in [-0.39, 0.29) is 124 Å². The summed E-state index contributed by atoms with van der Waals surface area (Å²) in [5, 5.41) is 66.5. The van der Waals surface area contributed by atoms with Crippen LogP contribution in [0.15, 0.2) is 142 Å². The van der Waals surface area contributed by atoms with Crippen molar-refractivity contribution in [3.8, 4) is 69.0 Å². The van der Waals surface area contributed by atoms with Crippen LogP contribution >= 0.6 is 0 Å². The van der Waals surface area contributed by atoms with Crippen molar-refractivity contribution in [3.63, 3.8) is 0 Å². The molecule has 0 saturated carbocycles. The number of benzene rings is 6. The Bertz CT molecular complexity index is 9020. The Morgan fingerprint density at radius 3 is 0.986 bits per heavy atom. The SMILES string of the molecule is [2H]C1=C(C([2H])([2H])[2H])C([2H])([2H])C([2H])([2H])[C@]2([2H])[C@@H]1c1c(O)c([2H])c(CCCCC)c([2H])c1OC2(C([2H])([2H])[2H])C([2H])([2H])[2H].[2H]C1=C(C([2H])([2H])[2H])CC([2H])([2H])[C@]2([2H])[C@@H]1c1c(O)c([2H])c(CCCCC)c([2H])c1OC2(C([2H])([2H])[2H])C([2H])([2H])[2H].[2H]C1=C(C)CC([2H])([2H])[C@@]2([2H])C(C([2H])([2H])[2H])(C([2H])([2H])[2H])Oc3c([2H])c(CCCCC)c([2H])c(O)c3[C@]12[2H].[2H]c1c(O)c2c(c([2H])c1CCCCC)OC(C([2H])([2H])[2H])(C([2H])([2H])[2H])[C@@H]1CC([2H])([2H])C(C([2H])([2H])[2H])=C[C@@H]21.[2H]c1c(O)c2c(c([2H])c1CCCCC)OC(C([2H])([2H])[2H])(C([2H])([2H])[2H])[C@@H]1CC([2H])([2H])C(C)=C[C@@]21[2H].[2H]c1c(O)c2c(c([2H])c1CCCCC)OC(C([2H])([2H])[2H])(C([2H])([2H])[2H])[C@@H]1CCC(C)=C[C@@]21[2H]. The number of fused-ring (bicyclic) bond motifs is 18. The van der Waals surface area contributed by atoms with Crippen LogP contribution in [0.4, 0.5) is 0 Å². The number of aromatic hydroxyl groups is 6. The number of phenolic OH excluding ortho intramolecular Hbond substituents is 6. The lowest BCUT2D eigenvalue weighted by atomic mass is 9.68. The van der Waals surface area contributed by atoms with Gasteiger partial charge >= 0.3 is 0 Å². The van der Waals surface area contributed by atoms with Gasteiger partial charge in [-0.05, 0) is 383 Å². The molecule has 0 fully saturated rings. The Hall–Kier alpha value is -8.64. The molecule has 6 aliphatic heterocycles. The van der Waals surface area contributed by atoms with E-state index in [1.807, 2.05) is 41.5 Å². The largest absolute Gasteiger partial charge is 0.507 e. The van der Waals surface area contributed by atoms with E-state index in [9.17, 15) is 38.9 Å². The van der Waals surface area contributed by atoms with Crippen molar-refractivity contribution in [2.75, 3.05) is 0 Å². The van der Waals surface area contributed by atoms with Crippen LogP contribution in [0.5, 0.6) is 69.0 Å². The maximum Gasteiger partial charge on any atom is 0.127 e. The van der Waals surface area contributed by atoms with Crippen LogP contribution < -0.4 is 28.4 Å². The molecule has 0 radical (unpaired) electrons. The maximum absolute atomic E-state index is 11.2. The summed E-state index contributed by atoms with van der Waals surface area (Å²) in [7, 11) is 0. The summed E-state index contributed by atoms with van der Waals surface area (Å²) in [6.07, 6.45) is -4.79. The first-order valence-electron chi connectivity index (χ1n) is 86.7. The van der Waals surface area contributed by atoms with Gasteiger partial charge in [-0.1, -0.05) is 188 Å². The first-order chi connectivity index (χ1) is 97.2. The summed E-state index contributed by atoms with van der Waals surface area (Å²) in [5.41, 5.74) is -25.3. The van der Waals surface area contributed by atoms with Crippen LogP contribution in [0.2, 0.25) is 0 Å². The minimum absolute atomic E-state index is 0.00833. The van der Waals surface area contributed by atoms with Crippen molar-refractivity contribution >= 4 is 0 Å². The van der Waals surface area contributed by atoms with Crippen molar-refractivity contribution in [2.24, 2.45) is 35.4 Å². The Labute approximate surface area is 943 Å². The van der Waals surface area contributed by atoms with Gasteiger partial charge < -0.3 is 59.1 Å². The third-order valence-corrected chi connectivity index (χ3v) is 25.5. The van der Waals surface area contributed by atoms with Gasteiger partial charge in [0.05, 0.1) is 20.6 Å². The zero-order valence-corrected chi connectivity index (χ0v) is 79.5. The monoisotopic (exact) mass is 1960 g/mol. The highest BCUT2D eigenvalue weighted by atomic mass is 16.5. The lowest BCUT2D eigenvalue weighted by Crippen LogP contribution is -2.45. The Balaban J connectivity index is 0.000000207. The second-order valence-electron chi connectivity index (χ2n) is 36.7. The molecule has 18 rings (SSSR count). The Morgan fingerprint density at radius 1 is 0.290 bits per heavy atom. The highest BCUT2D eigenvalue weighted by Gasteiger charge is 2.52. The van der Waals surface area contributed by atoms with Gasteiger partial charge in [-0.2, -0.15) is 0 Å². The quantitative estimate of drug-likeness (QED) is 0.0250. The minimum atomic E-state index is -3.99. The van der Waals surface area contributed by atoms with Crippen molar-refractivity contribution in [1.29, 1.82) is 0 Å². The molecular weight excluding hydrogens is 1710 g/mol. The number of hydrogen-bond donors (Lipinski definition) is 6. The van der Waals surface area contributed by atoms with Crippen molar-refractivity contribution in [1.82, 2.24) is 0 Å². The average Bonchev–Trinajstić information content (AvgIpc) is 0.485. The fourth-order valence-corrected chi connectivity index (χ4v) is 18.3. The van der Waals surface area contributed by atoms with E-state index < -0.39 is 446 Å². The average molecular weight is 1970 g/mol. The topological polar surface area (TPSA) is 177 Å². The van der Waals surface area contributed by atoms with Crippen LogP contribution in [0.25, 0.3) is 0 Å². The molecule has 0 aromatic heterocycles. The normalized spacial score (nSPS) is 40.4. The predicted molar refractivity (Wildman–Crippen MR) is 572 cm³/mol. The van der Waals surface area contributed by atoms with Gasteiger partial charge in [-0.25, -0.2) is 0 Å². The standard InChI is InChI=1S/6C21H30O2/c6*1-5-6-7-8-15-12-18(22)20-16-11-14(2)9-10-17(16)21(3,4)23-19(20)13-15/h6*11-13,16-17,22H,5-10H2,1-4H3/t6*16-,17-/m111111/s1/i2D3,3D3,4D3,9D2,10D2,11D,12D,13D,17D;3D3,4D3,10D2,11D,12D,13D,16D,17D;2D3,3D3,4D3,10D2,11D,12D,13D,17D;3D3,4D3,9D2,12D,13D,16D;2D3,3D3,4D3,9D2,12D,13D;3D3,4D3,12D,13D,16D. The molecule has 6 aromatic carbocycles. The summed E-state index contributed by atoms with van der Waals surface area (Å²) in [6, 6.07) is -9.20. The third-order valence-electron chi connectivity index (χ3n) is 25.5. The number of ether oxygens (including phenoxy) is 6. The van der Waals surface area contributed by atoms with E-state index in [4.69, 9.17) is 127 Å². The second kappa shape index (κ2) is 45.7. The molecule has 0 bridgehead atoms. The molecule has 756 valence electrons. The molecular formula is C126H180O12. The lowest BCUT2D eigenvalue weighted by molar-refractivity contribution is 0.0104. The fourth-order valence-electron chi connectivity index (χ4n) is 18.3. The van der Waals surface area contributed by atoms with E-state index in [0.717, 1.165) is 75.5 Å². The molecule has 0 spiro atoms. The van der Waals surface area contributed by atoms with E-state index in [0.29, 0.717) is 64.2 Å². The number of rotatable bonds is 24. The molecule has 6 heterocycles. The molecule has 12 aliphatic rings. The summed E-state index contributed by atoms with van der Waals surface area (Å²) >= 11 is 0. The molecule has 0 amide bonds. The van der Waals surface area contributed by atoms with Gasteiger partial charge in [-0.15, -0.1) is 0 Å². The van der Waals surface area contributed by atoms with Crippen molar-refractivity contribution < 1.29 is 166 Å². The highest BCUT2D eigenvalue weighted by molar-refractivity contribution is 5.60. The van der Waals surface area contributed by atoms with Crippen molar-refractivity contribution in [2.45, 2.75) is 465 Å². The molecule has 6 N–H and O–H groups in total. The third kappa shape index (κ3) is 25.0. The van der Waals surface area contributed by atoms with Gasteiger partial charge in [-0.3, -0.25) is 0 Å². The van der Waals surface area contributed by atoms with E-state index in [1.54, 1.807) is 6.92 Å². The van der Waals surface area contributed by atoms with Gasteiger partial charge in [0.1, 0.15) is 103 Å². The maximum atomic E-state index is 11.2. The molecule has 6 aromatic rings. The number of allylic oxidation sites excluding steroid dienone is 12. The molecule has 6 aliphatic carbocycles. The van der Waals surface area contributed by atoms with E-state index >= 15 is 0 Å². The van der Waals surface area contributed by atoms with E-state index in [2.05, 4.69) is 0 Å². The molecule has 0 saturated heterocycles. The summed E-state index contributed by atoms with van der Waals surface area (Å²) in [5.74, 6) is -38.0. The van der Waals surface area contributed by atoms with E-state index in [1.165, 1.54) is 19.9 Å². The van der Waals surface area contributed by atoms with Gasteiger partial charge in [0.2, 0.25) is 0 Å². The van der Waals surface area contributed by atoms with Crippen molar-refractivity contribution in [3.05, 3.63) is 209 Å². The Morgan fingerprint density at radius 2 is 0.594 bits per heavy atom. The number of hydrogen-bond acceptors (Lipinski definition) is 12. The highest BCUT2D eigenvalue weighted by Crippen LogP contribution is 2.61. The van der Waals surface area contributed by atoms with Crippen LogP contribution in [-0.4, -0.2) is 64.2 Å². The number of phenols is 6.